The maximum Gasteiger partial charge on any atom is 0.303 e. The summed E-state index contributed by atoms with van der Waals surface area (Å²) in [6, 6.07) is 0. The molecule has 0 amide bonds. The van der Waals surface area contributed by atoms with Gasteiger partial charge in [0.2, 0.25) is 0 Å². The Balaban J connectivity index is 3.37. The summed E-state index contributed by atoms with van der Waals surface area (Å²) in [5.41, 5.74) is 0. The van der Waals surface area contributed by atoms with Crippen molar-refractivity contribution in [1.82, 2.24) is 0 Å². The molecule has 0 rings (SSSR count). The molecule has 24 heavy (non-hydrogen) atoms. The molecule has 0 atom stereocenters. The fraction of sp³-hybridized carbons (Fsp3) is 0.591. The van der Waals surface area contributed by atoms with Crippen LogP contribution in [-0.2, 0) is 4.79 Å². The number of rotatable bonds is 16. The molecule has 0 spiro atoms. The molecule has 0 saturated carbocycles. The van der Waals surface area contributed by atoms with Crippen molar-refractivity contribution in [3.63, 3.8) is 0 Å². The Labute approximate surface area is 149 Å². The second kappa shape index (κ2) is 19.5. The minimum atomic E-state index is -0.687. The SMILES string of the molecule is CCCCC/C=C/C/C=C/C/C=C/CC=CCCCCCC(=O)O. The normalized spacial score (nSPS) is 12.4. The lowest BCUT2D eigenvalue weighted by molar-refractivity contribution is -0.137. The molecule has 1 N–H and O–H groups in total. The van der Waals surface area contributed by atoms with E-state index in [4.69, 9.17) is 5.11 Å². The van der Waals surface area contributed by atoms with Crippen LogP contribution in [0.25, 0.3) is 0 Å². The first-order valence-electron chi connectivity index (χ1n) is 9.59. The number of allylic oxidation sites excluding steroid dienone is 8. The Morgan fingerprint density at radius 1 is 0.667 bits per heavy atom. The van der Waals surface area contributed by atoms with Crippen LogP contribution >= 0.6 is 0 Å². The predicted molar refractivity (Wildman–Crippen MR) is 105 cm³/mol. The molecular formula is C22H36O2. The third kappa shape index (κ3) is 20.4. The first-order valence-corrected chi connectivity index (χ1v) is 9.59. The first-order chi connectivity index (χ1) is 11.8. The van der Waals surface area contributed by atoms with Crippen molar-refractivity contribution in [1.29, 1.82) is 0 Å². The van der Waals surface area contributed by atoms with Crippen molar-refractivity contribution in [3.8, 4) is 0 Å². The van der Waals surface area contributed by atoms with E-state index in [1.54, 1.807) is 0 Å². The summed E-state index contributed by atoms with van der Waals surface area (Å²) in [5, 5.41) is 8.53. The van der Waals surface area contributed by atoms with E-state index in [1.807, 2.05) is 0 Å². The molecule has 0 aromatic carbocycles. The fourth-order valence-corrected chi connectivity index (χ4v) is 2.28. The maximum absolute atomic E-state index is 10.4. The summed E-state index contributed by atoms with van der Waals surface area (Å²) >= 11 is 0. The quantitative estimate of drug-likeness (QED) is 0.244. The molecule has 0 aliphatic rings. The van der Waals surface area contributed by atoms with Crippen molar-refractivity contribution in [2.75, 3.05) is 0 Å². The lowest BCUT2D eigenvalue weighted by atomic mass is 10.1. The van der Waals surface area contributed by atoms with Crippen molar-refractivity contribution in [3.05, 3.63) is 48.6 Å². The van der Waals surface area contributed by atoms with Crippen LogP contribution in [-0.4, -0.2) is 11.1 Å². The summed E-state index contributed by atoms with van der Waals surface area (Å²) < 4.78 is 0. The molecule has 0 aliphatic carbocycles. The lowest BCUT2D eigenvalue weighted by Gasteiger charge is -1.94. The van der Waals surface area contributed by atoms with E-state index < -0.39 is 5.97 Å². The smallest absolute Gasteiger partial charge is 0.303 e. The van der Waals surface area contributed by atoms with Gasteiger partial charge in [-0.3, -0.25) is 4.79 Å². The van der Waals surface area contributed by atoms with E-state index in [0.29, 0.717) is 6.42 Å². The predicted octanol–water partition coefficient (Wildman–Crippen LogP) is 7.00. The maximum atomic E-state index is 10.4. The van der Waals surface area contributed by atoms with Gasteiger partial charge in [-0.15, -0.1) is 0 Å². The van der Waals surface area contributed by atoms with Gasteiger partial charge in [-0.1, -0.05) is 74.8 Å². The van der Waals surface area contributed by atoms with Crippen molar-refractivity contribution < 1.29 is 9.90 Å². The van der Waals surface area contributed by atoms with Gasteiger partial charge in [-0.05, 0) is 51.4 Å². The van der Waals surface area contributed by atoms with Crippen LogP contribution in [0.2, 0.25) is 0 Å². The molecule has 2 heteroatoms. The van der Waals surface area contributed by atoms with Crippen molar-refractivity contribution in [2.45, 2.75) is 84.0 Å². The highest BCUT2D eigenvalue weighted by Gasteiger charge is 1.94. The number of hydrogen-bond donors (Lipinski definition) is 1. The minimum Gasteiger partial charge on any atom is -0.481 e. The van der Waals surface area contributed by atoms with E-state index >= 15 is 0 Å². The van der Waals surface area contributed by atoms with E-state index in [9.17, 15) is 4.79 Å². The van der Waals surface area contributed by atoms with Crippen LogP contribution in [0.5, 0.6) is 0 Å². The molecule has 0 fully saturated rings. The topological polar surface area (TPSA) is 37.3 Å². The number of carboxylic acid groups (broad SMARTS) is 1. The average Bonchev–Trinajstić information content (AvgIpc) is 2.56. The summed E-state index contributed by atoms with van der Waals surface area (Å²) in [4.78, 5) is 10.4. The Hall–Kier alpha value is -1.57. The highest BCUT2D eigenvalue weighted by molar-refractivity contribution is 5.66. The van der Waals surface area contributed by atoms with Gasteiger partial charge >= 0.3 is 5.97 Å². The molecule has 0 unspecified atom stereocenters. The number of carbonyl (C=O) groups is 1. The van der Waals surface area contributed by atoms with Crippen LogP contribution in [0.3, 0.4) is 0 Å². The fourth-order valence-electron chi connectivity index (χ4n) is 2.28. The molecular weight excluding hydrogens is 296 g/mol. The molecule has 0 aromatic rings. The van der Waals surface area contributed by atoms with E-state index in [0.717, 1.165) is 44.9 Å². The minimum absolute atomic E-state index is 0.300. The largest absolute Gasteiger partial charge is 0.481 e. The average molecular weight is 333 g/mol. The zero-order chi connectivity index (χ0) is 17.7. The molecule has 0 heterocycles. The Kier molecular flexibility index (Phi) is 18.2. The lowest BCUT2D eigenvalue weighted by Crippen LogP contribution is -1.93. The van der Waals surface area contributed by atoms with Crippen molar-refractivity contribution in [2.24, 2.45) is 0 Å². The number of unbranched alkanes of at least 4 members (excludes halogenated alkanes) is 6. The highest BCUT2D eigenvalue weighted by Crippen LogP contribution is 2.04. The van der Waals surface area contributed by atoms with Gasteiger partial charge < -0.3 is 5.11 Å². The van der Waals surface area contributed by atoms with Crippen LogP contribution in [0.1, 0.15) is 84.0 Å². The number of aliphatic carboxylic acids is 1. The summed E-state index contributed by atoms with van der Waals surface area (Å²) in [6.07, 6.45) is 30.2. The Morgan fingerprint density at radius 2 is 1.12 bits per heavy atom. The van der Waals surface area contributed by atoms with Crippen LogP contribution in [0, 0.1) is 0 Å². The number of hydrogen-bond acceptors (Lipinski definition) is 1. The molecule has 0 bridgehead atoms. The van der Waals surface area contributed by atoms with Gasteiger partial charge in [0.15, 0.2) is 0 Å². The van der Waals surface area contributed by atoms with Gasteiger partial charge in [-0.25, -0.2) is 0 Å². The highest BCUT2D eigenvalue weighted by atomic mass is 16.4. The second-order valence-electron chi connectivity index (χ2n) is 6.08. The molecule has 0 saturated heterocycles. The zero-order valence-electron chi connectivity index (χ0n) is 15.5. The number of carboxylic acids is 1. The van der Waals surface area contributed by atoms with Crippen molar-refractivity contribution >= 4 is 5.97 Å². The monoisotopic (exact) mass is 332 g/mol. The molecule has 136 valence electrons. The summed E-state index contributed by atoms with van der Waals surface area (Å²) in [5.74, 6) is -0.687. The van der Waals surface area contributed by atoms with E-state index in [1.165, 1.54) is 25.7 Å². The summed E-state index contributed by atoms with van der Waals surface area (Å²) in [6.45, 7) is 2.24. The first kappa shape index (κ1) is 22.4. The van der Waals surface area contributed by atoms with E-state index in [2.05, 4.69) is 55.5 Å². The second-order valence-corrected chi connectivity index (χ2v) is 6.08. The van der Waals surface area contributed by atoms with E-state index in [-0.39, 0.29) is 0 Å². The summed E-state index contributed by atoms with van der Waals surface area (Å²) in [7, 11) is 0. The van der Waals surface area contributed by atoms with Gasteiger partial charge in [0.25, 0.3) is 0 Å². The third-order valence-corrected chi connectivity index (χ3v) is 3.72. The Bertz CT molecular complexity index is 389. The van der Waals surface area contributed by atoms with Crippen LogP contribution in [0.15, 0.2) is 48.6 Å². The Morgan fingerprint density at radius 3 is 1.58 bits per heavy atom. The standard InChI is InChI=1S/C22H36O2/c1-2-3-4-5-6-7-8-9-10-11-12-13-14-15-16-17-18-19-20-21-22(23)24/h6-7,9-10,12-13,15-16H,2-5,8,11,14,17-21H2,1H3,(H,23,24)/b7-6+,10-9+,13-12+,16-15?. The molecule has 0 radical (unpaired) electrons. The molecule has 2 nitrogen and oxygen atoms in total. The van der Waals surface area contributed by atoms with Gasteiger partial charge in [0.05, 0.1) is 0 Å². The van der Waals surface area contributed by atoms with Gasteiger partial charge in [-0.2, -0.15) is 0 Å². The van der Waals surface area contributed by atoms with Crippen LogP contribution in [0.4, 0.5) is 0 Å². The van der Waals surface area contributed by atoms with Gasteiger partial charge in [0, 0.05) is 6.42 Å². The van der Waals surface area contributed by atoms with Gasteiger partial charge in [0.1, 0.15) is 0 Å². The van der Waals surface area contributed by atoms with Crippen LogP contribution < -0.4 is 0 Å². The molecule has 0 aliphatic heterocycles. The third-order valence-electron chi connectivity index (χ3n) is 3.72. The molecule has 0 aromatic heterocycles. The zero-order valence-corrected chi connectivity index (χ0v) is 15.5.